The smallest absolute Gasteiger partial charge is 0.265 e. The highest BCUT2D eigenvalue weighted by molar-refractivity contribution is 9.10. The van der Waals surface area contributed by atoms with Crippen molar-refractivity contribution < 1.29 is 8.42 Å². The molecule has 1 aromatic carbocycles. The average Bonchev–Trinajstić information content (AvgIpc) is 2.41. The molecule has 0 bridgehead atoms. The van der Waals surface area contributed by atoms with E-state index >= 15 is 0 Å². The van der Waals surface area contributed by atoms with Crippen molar-refractivity contribution in [2.24, 2.45) is 0 Å². The molecule has 0 atom stereocenters. The lowest BCUT2D eigenvalue weighted by Crippen LogP contribution is -2.15. The van der Waals surface area contributed by atoms with Crippen molar-refractivity contribution >= 4 is 43.2 Å². The summed E-state index contributed by atoms with van der Waals surface area (Å²) in [5.41, 5.74) is 1.46. The third-order valence-corrected chi connectivity index (χ3v) is 4.93. The molecule has 0 aliphatic rings. The van der Waals surface area contributed by atoms with E-state index in [1.54, 1.807) is 12.1 Å². The zero-order valence-corrected chi connectivity index (χ0v) is 13.8. The fraction of sp³-hybridized carbons (Fsp3) is 0.154. The second-order valence-corrected chi connectivity index (χ2v) is 6.98. The SMILES string of the molecule is CCc1ccccc1NS(=O)(=O)c1cc(Br)cnc1Cl. The molecule has 0 saturated carbocycles. The predicted molar refractivity (Wildman–Crippen MR) is 83.6 cm³/mol. The van der Waals surface area contributed by atoms with E-state index in [2.05, 4.69) is 25.6 Å². The van der Waals surface area contributed by atoms with Crippen LogP contribution in [0.25, 0.3) is 0 Å². The van der Waals surface area contributed by atoms with E-state index in [0.29, 0.717) is 10.2 Å². The van der Waals surface area contributed by atoms with Gasteiger partial charge in [-0.05, 0) is 40.0 Å². The van der Waals surface area contributed by atoms with Gasteiger partial charge in [0.2, 0.25) is 0 Å². The minimum Gasteiger partial charge on any atom is -0.279 e. The quantitative estimate of drug-likeness (QED) is 0.826. The second-order valence-electron chi connectivity index (χ2n) is 4.06. The molecule has 0 radical (unpaired) electrons. The summed E-state index contributed by atoms with van der Waals surface area (Å²) in [5, 5.41) is -0.0605. The van der Waals surface area contributed by atoms with E-state index in [0.717, 1.165) is 12.0 Å². The van der Waals surface area contributed by atoms with E-state index in [1.165, 1.54) is 12.3 Å². The molecule has 0 aliphatic heterocycles. The number of halogens is 2. The molecule has 0 spiro atoms. The van der Waals surface area contributed by atoms with Gasteiger partial charge >= 0.3 is 0 Å². The number of benzene rings is 1. The number of aryl methyl sites for hydroxylation is 1. The van der Waals surface area contributed by atoms with Gasteiger partial charge < -0.3 is 0 Å². The molecule has 1 aromatic heterocycles. The monoisotopic (exact) mass is 374 g/mol. The first-order valence-corrected chi connectivity index (χ1v) is 8.51. The fourth-order valence-corrected chi connectivity index (χ4v) is 3.77. The maximum absolute atomic E-state index is 12.4. The number of nitrogens with zero attached hydrogens (tertiary/aromatic N) is 1. The topological polar surface area (TPSA) is 59.1 Å². The number of hydrogen-bond acceptors (Lipinski definition) is 3. The largest absolute Gasteiger partial charge is 0.279 e. The van der Waals surface area contributed by atoms with Gasteiger partial charge in [0.15, 0.2) is 0 Å². The Hall–Kier alpha value is -1.11. The number of rotatable bonds is 4. The first-order chi connectivity index (χ1) is 9.44. The van der Waals surface area contributed by atoms with Gasteiger partial charge in [-0.25, -0.2) is 13.4 Å². The molecule has 20 heavy (non-hydrogen) atoms. The molecular formula is C13H12BrClN2O2S. The van der Waals surface area contributed by atoms with Crippen molar-refractivity contribution in [2.45, 2.75) is 18.2 Å². The molecule has 0 amide bonds. The maximum atomic E-state index is 12.4. The number of anilines is 1. The Morgan fingerprint density at radius 1 is 1.35 bits per heavy atom. The molecular weight excluding hydrogens is 364 g/mol. The van der Waals surface area contributed by atoms with Crippen LogP contribution >= 0.6 is 27.5 Å². The Morgan fingerprint density at radius 3 is 2.75 bits per heavy atom. The molecule has 0 fully saturated rings. The van der Waals surface area contributed by atoms with Crippen LogP contribution in [0.3, 0.4) is 0 Å². The minimum atomic E-state index is -3.77. The van der Waals surface area contributed by atoms with Gasteiger partial charge in [0.1, 0.15) is 10.0 Å². The van der Waals surface area contributed by atoms with Crippen LogP contribution in [0.4, 0.5) is 5.69 Å². The molecule has 2 rings (SSSR count). The number of aromatic nitrogens is 1. The van der Waals surface area contributed by atoms with Crippen LogP contribution in [0.1, 0.15) is 12.5 Å². The lowest BCUT2D eigenvalue weighted by atomic mass is 10.1. The number of pyridine rings is 1. The lowest BCUT2D eigenvalue weighted by molar-refractivity contribution is 0.600. The summed E-state index contributed by atoms with van der Waals surface area (Å²) in [6.45, 7) is 1.96. The van der Waals surface area contributed by atoms with E-state index in [1.807, 2.05) is 19.1 Å². The molecule has 0 aliphatic carbocycles. The summed E-state index contributed by atoms with van der Waals surface area (Å²) < 4.78 is 27.9. The highest BCUT2D eigenvalue weighted by Crippen LogP contribution is 2.26. The van der Waals surface area contributed by atoms with Crippen LogP contribution in [0.15, 0.2) is 45.9 Å². The number of para-hydroxylation sites is 1. The number of hydrogen-bond donors (Lipinski definition) is 1. The van der Waals surface area contributed by atoms with Crippen molar-refractivity contribution in [3.8, 4) is 0 Å². The zero-order chi connectivity index (χ0) is 14.8. The van der Waals surface area contributed by atoms with E-state index in [-0.39, 0.29) is 10.0 Å². The standard InChI is InChI=1S/C13H12BrClN2O2S/c1-2-9-5-3-4-6-11(9)17-20(18,19)12-7-10(14)8-16-13(12)15/h3-8,17H,2H2,1H3. The normalized spacial score (nSPS) is 11.3. The molecule has 2 aromatic rings. The first-order valence-electron chi connectivity index (χ1n) is 5.86. The summed E-state index contributed by atoms with van der Waals surface area (Å²) in [6, 6.07) is 8.66. The van der Waals surface area contributed by atoms with E-state index < -0.39 is 10.0 Å². The third kappa shape index (κ3) is 3.31. The maximum Gasteiger partial charge on any atom is 0.265 e. The van der Waals surface area contributed by atoms with Gasteiger partial charge in [-0.3, -0.25) is 4.72 Å². The summed E-state index contributed by atoms with van der Waals surface area (Å²) in [5.74, 6) is 0. The molecule has 0 saturated heterocycles. The predicted octanol–water partition coefficient (Wildman–Crippen LogP) is 3.86. The number of nitrogens with one attached hydrogen (secondary N) is 1. The Kier molecular flexibility index (Phi) is 4.67. The Morgan fingerprint density at radius 2 is 2.05 bits per heavy atom. The number of sulfonamides is 1. The summed E-state index contributed by atoms with van der Waals surface area (Å²) in [6.07, 6.45) is 2.17. The van der Waals surface area contributed by atoms with E-state index in [4.69, 9.17) is 11.6 Å². The van der Waals surface area contributed by atoms with Crippen molar-refractivity contribution in [1.82, 2.24) is 4.98 Å². The van der Waals surface area contributed by atoms with Gasteiger partial charge in [0, 0.05) is 10.7 Å². The first kappa shape index (κ1) is 15.3. The lowest BCUT2D eigenvalue weighted by Gasteiger charge is -2.12. The Balaban J connectivity index is 2.43. The van der Waals surface area contributed by atoms with E-state index in [9.17, 15) is 8.42 Å². The summed E-state index contributed by atoms with van der Waals surface area (Å²) in [7, 11) is -3.77. The Labute approximate surface area is 131 Å². The zero-order valence-electron chi connectivity index (χ0n) is 10.6. The van der Waals surface area contributed by atoms with Gasteiger partial charge in [0.25, 0.3) is 10.0 Å². The summed E-state index contributed by atoms with van der Waals surface area (Å²) >= 11 is 9.06. The Bertz CT molecular complexity index is 735. The van der Waals surface area contributed by atoms with Crippen molar-refractivity contribution in [3.05, 3.63) is 51.7 Å². The molecule has 106 valence electrons. The average molecular weight is 376 g/mol. The third-order valence-electron chi connectivity index (χ3n) is 2.71. The van der Waals surface area contributed by atoms with Crippen molar-refractivity contribution in [2.75, 3.05) is 4.72 Å². The van der Waals surface area contributed by atoms with Crippen LogP contribution in [0.2, 0.25) is 5.15 Å². The minimum absolute atomic E-state index is 0.0561. The molecule has 7 heteroatoms. The van der Waals surface area contributed by atoms with Crippen molar-refractivity contribution in [3.63, 3.8) is 0 Å². The van der Waals surface area contributed by atoms with Crippen LogP contribution in [-0.4, -0.2) is 13.4 Å². The highest BCUT2D eigenvalue weighted by atomic mass is 79.9. The molecule has 0 unspecified atom stereocenters. The highest BCUT2D eigenvalue weighted by Gasteiger charge is 2.20. The van der Waals surface area contributed by atoms with Gasteiger partial charge in [-0.15, -0.1) is 0 Å². The van der Waals surface area contributed by atoms with Gasteiger partial charge in [-0.1, -0.05) is 36.7 Å². The van der Waals surface area contributed by atoms with Crippen LogP contribution in [0, 0.1) is 0 Å². The van der Waals surface area contributed by atoms with Crippen LogP contribution < -0.4 is 4.72 Å². The van der Waals surface area contributed by atoms with Crippen molar-refractivity contribution in [1.29, 1.82) is 0 Å². The fourth-order valence-electron chi connectivity index (χ4n) is 1.72. The van der Waals surface area contributed by atoms with Gasteiger partial charge in [0.05, 0.1) is 5.69 Å². The molecule has 1 heterocycles. The second kappa shape index (κ2) is 6.11. The summed E-state index contributed by atoms with van der Waals surface area (Å²) in [4.78, 5) is 3.77. The molecule has 1 N–H and O–H groups in total. The molecule has 4 nitrogen and oxygen atoms in total. The van der Waals surface area contributed by atoms with Crippen LogP contribution in [-0.2, 0) is 16.4 Å². The van der Waals surface area contributed by atoms with Crippen LogP contribution in [0.5, 0.6) is 0 Å². The van der Waals surface area contributed by atoms with Gasteiger partial charge in [-0.2, -0.15) is 0 Å².